The lowest BCUT2D eigenvalue weighted by molar-refractivity contribution is 0.128. The standard InChI is InChI=1S/C26H33N3O2/c1-5-20(4)31-26(30)28-13-6-7-24-23(17-28)22-15-18(2)8-11-25(22)29(24)14-12-21-10-9-19(3)27-16-21/h5,8-11,15-16,23-24H,6-7,12-14,17H2,1-4H3/b20-5+/t23-,24-/m0/s1. The minimum Gasteiger partial charge on any atom is -0.415 e. The minimum absolute atomic E-state index is 0.227. The van der Waals surface area contributed by atoms with Crippen molar-refractivity contribution in [2.24, 2.45) is 0 Å². The van der Waals surface area contributed by atoms with Gasteiger partial charge in [0.1, 0.15) is 5.76 Å². The van der Waals surface area contributed by atoms with E-state index in [1.165, 1.54) is 22.4 Å². The van der Waals surface area contributed by atoms with Crippen LogP contribution in [-0.2, 0) is 11.2 Å². The summed E-state index contributed by atoms with van der Waals surface area (Å²) in [6.45, 7) is 10.3. The molecule has 5 nitrogen and oxygen atoms in total. The van der Waals surface area contributed by atoms with E-state index in [1.54, 1.807) is 0 Å². The van der Waals surface area contributed by atoms with E-state index in [1.807, 2.05) is 37.9 Å². The Balaban J connectivity index is 1.57. The van der Waals surface area contributed by atoms with Crippen LogP contribution in [0.15, 0.2) is 48.4 Å². The van der Waals surface area contributed by atoms with Gasteiger partial charge in [0, 0.05) is 49.2 Å². The van der Waals surface area contributed by atoms with Crippen molar-refractivity contribution in [2.75, 3.05) is 24.5 Å². The summed E-state index contributed by atoms with van der Waals surface area (Å²) in [6, 6.07) is 11.5. The van der Waals surface area contributed by atoms with Gasteiger partial charge in [-0.25, -0.2) is 4.79 Å². The molecule has 4 rings (SSSR count). The summed E-state index contributed by atoms with van der Waals surface area (Å²) in [5.41, 5.74) is 6.28. The Morgan fingerprint density at radius 2 is 2.10 bits per heavy atom. The third-order valence-electron chi connectivity index (χ3n) is 6.63. The average Bonchev–Trinajstić information content (AvgIpc) is 2.90. The number of benzene rings is 1. The number of aromatic nitrogens is 1. The van der Waals surface area contributed by atoms with Crippen molar-refractivity contribution in [1.29, 1.82) is 0 Å². The van der Waals surface area contributed by atoms with Gasteiger partial charge in [-0.3, -0.25) is 4.98 Å². The van der Waals surface area contributed by atoms with Crippen molar-refractivity contribution in [1.82, 2.24) is 9.88 Å². The summed E-state index contributed by atoms with van der Waals surface area (Å²) in [4.78, 5) is 21.7. The molecule has 0 bridgehead atoms. The van der Waals surface area contributed by atoms with Gasteiger partial charge < -0.3 is 14.5 Å². The molecule has 2 aliphatic heterocycles. The molecule has 31 heavy (non-hydrogen) atoms. The molecule has 1 saturated heterocycles. The number of nitrogens with zero attached hydrogens (tertiary/aromatic N) is 3. The monoisotopic (exact) mass is 419 g/mol. The van der Waals surface area contributed by atoms with Crippen LogP contribution in [0.4, 0.5) is 10.5 Å². The molecule has 164 valence electrons. The van der Waals surface area contributed by atoms with E-state index in [9.17, 15) is 4.79 Å². The number of pyridine rings is 1. The fraction of sp³-hybridized carbons (Fsp3) is 0.462. The lowest BCUT2D eigenvalue weighted by atomic mass is 9.92. The Bertz CT molecular complexity index is 967. The molecule has 0 aliphatic carbocycles. The van der Waals surface area contributed by atoms with Crippen LogP contribution in [0.25, 0.3) is 0 Å². The number of aryl methyl sites for hydroxylation is 2. The molecule has 1 amide bonds. The Labute approximate surface area is 185 Å². The van der Waals surface area contributed by atoms with E-state index in [4.69, 9.17) is 4.74 Å². The van der Waals surface area contributed by atoms with Gasteiger partial charge in [-0.05, 0) is 76.3 Å². The number of carbonyl (C=O) groups is 1. The summed E-state index contributed by atoms with van der Waals surface area (Å²) in [6.07, 6.45) is 6.63. The van der Waals surface area contributed by atoms with Crippen LogP contribution in [0.1, 0.15) is 55.0 Å². The number of fused-ring (bicyclic) bond motifs is 3. The van der Waals surface area contributed by atoms with Crippen LogP contribution in [-0.4, -0.2) is 41.7 Å². The maximum atomic E-state index is 12.7. The zero-order valence-corrected chi connectivity index (χ0v) is 19.1. The second-order valence-electron chi connectivity index (χ2n) is 8.84. The Morgan fingerprint density at radius 1 is 1.26 bits per heavy atom. The number of likely N-dealkylation sites (tertiary alicyclic amines) is 1. The van der Waals surface area contributed by atoms with Gasteiger partial charge >= 0.3 is 6.09 Å². The highest BCUT2D eigenvalue weighted by molar-refractivity contribution is 5.70. The number of hydrogen-bond donors (Lipinski definition) is 0. The number of amides is 1. The zero-order valence-electron chi connectivity index (χ0n) is 19.1. The molecule has 0 radical (unpaired) electrons. The van der Waals surface area contributed by atoms with Crippen LogP contribution in [0, 0.1) is 13.8 Å². The quantitative estimate of drug-likeness (QED) is 0.625. The second-order valence-corrected chi connectivity index (χ2v) is 8.84. The van der Waals surface area contributed by atoms with Gasteiger partial charge in [-0.2, -0.15) is 0 Å². The first-order valence-corrected chi connectivity index (χ1v) is 11.3. The normalized spacial score (nSPS) is 20.8. The molecule has 2 aromatic rings. The SMILES string of the molecule is C/C=C(\C)OC(=O)N1CCC[C@H]2[C@@H](C1)c1cc(C)ccc1N2CCc1ccc(C)nc1. The van der Waals surface area contributed by atoms with Crippen molar-refractivity contribution in [2.45, 2.75) is 58.9 Å². The van der Waals surface area contributed by atoms with E-state index in [0.717, 1.165) is 38.0 Å². The summed E-state index contributed by atoms with van der Waals surface area (Å²) in [5, 5.41) is 0. The maximum Gasteiger partial charge on any atom is 0.414 e. The maximum absolute atomic E-state index is 12.7. The van der Waals surface area contributed by atoms with Crippen molar-refractivity contribution in [3.63, 3.8) is 0 Å². The molecule has 0 spiro atoms. The largest absolute Gasteiger partial charge is 0.415 e. The van der Waals surface area contributed by atoms with Crippen LogP contribution < -0.4 is 4.90 Å². The molecule has 5 heteroatoms. The Morgan fingerprint density at radius 3 is 2.84 bits per heavy atom. The van der Waals surface area contributed by atoms with Gasteiger partial charge in [0.05, 0.1) is 0 Å². The summed E-state index contributed by atoms with van der Waals surface area (Å²) in [7, 11) is 0. The number of allylic oxidation sites excluding steroid dienone is 2. The molecule has 0 N–H and O–H groups in total. The van der Waals surface area contributed by atoms with Crippen LogP contribution in [0.3, 0.4) is 0 Å². The van der Waals surface area contributed by atoms with Crippen molar-refractivity contribution >= 4 is 11.8 Å². The number of ether oxygens (including phenoxy) is 1. The molecule has 1 aromatic carbocycles. The highest BCUT2D eigenvalue weighted by atomic mass is 16.6. The van der Waals surface area contributed by atoms with Crippen LogP contribution in [0.2, 0.25) is 0 Å². The third-order valence-corrected chi connectivity index (χ3v) is 6.63. The van der Waals surface area contributed by atoms with Gasteiger partial charge in [0.2, 0.25) is 0 Å². The fourth-order valence-electron chi connectivity index (χ4n) is 4.84. The highest BCUT2D eigenvalue weighted by Crippen LogP contribution is 2.44. The fourth-order valence-corrected chi connectivity index (χ4v) is 4.84. The average molecular weight is 420 g/mol. The predicted octanol–water partition coefficient (Wildman–Crippen LogP) is 5.37. The highest BCUT2D eigenvalue weighted by Gasteiger charge is 2.41. The third kappa shape index (κ3) is 4.60. The van der Waals surface area contributed by atoms with Gasteiger partial charge in [-0.1, -0.05) is 23.8 Å². The molecular weight excluding hydrogens is 386 g/mol. The molecule has 3 heterocycles. The van der Waals surface area contributed by atoms with E-state index in [0.29, 0.717) is 24.3 Å². The molecule has 2 atom stereocenters. The van der Waals surface area contributed by atoms with Crippen LogP contribution in [0.5, 0.6) is 0 Å². The minimum atomic E-state index is -0.227. The van der Waals surface area contributed by atoms with Gasteiger partial charge in [-0.15, -0.1) is 0 Å². The predicted molar refractivity (Wildman–Crippen MR) is 124 cm³/mol. The molecule has 0 saturated carbocycles. The van der Waals surface area contributed by atoms with E-state index >= 15 is 0 Å². The number of rotatable bonds is 4. The first-order chi connectivity index (χ1) is 15.0. The number of hydrogen-bond acceptors (Lipinski definition) is 4. The first kappa shape index (κ1) is 21.4. The van der Waals surface area contributed by atoms with E-state index < -0.39 is 0 Å². The first-order valence-electron chi connectivity index (χ1n) is 11.3. The lowest BCUT2D eigenvalue weighted by Gasteiger charge is -2.30. The smallest absolute Gasteiger partial charge is 0.414 e. The van der Waals surface area contributed by atoms with E-state index in [2.05, 4.69) is 47.1 Å². The Kier molecular flexibility index (Phi) is 6.30. The molecule has 2 aliphatic rings. The lowest BCUT2D eigenvalue weighted by Crippen LogP contribution is -2.39. The number of carbonyl (C=O) groups excluding carboxylic acids is 1. The molecule has 1 aromatic heterocycles. The molecule has 0 unspecified atom stereocenters. The van der Waals surface area contributed by atoms with Crippen LogP contribution >= 0.6 is 0 Å². The van der Waals surface area contributed by atoms with Crippen molar-refractivity contribution in [3.05, 3.63) is 70.7 Å². The number of anilines is 1. The second kappa shape index (κ2) is 9.13. The van der Waals surface area contributed by atoms with Crippen molar-refractivity contribution < 1.29 is 9.53 Å². The van der Waals surface area contributed by atoms with E-state index in [-0.39, 0.29) is 6.09 Å². The van der Waals surface area contributed by atoms with Crippen molar-refractivity contribution in [3.8, 4) is 0 Å². The molecule has 1 fully saturated rings. The van der Waals surface area contributed by atoms with Gasteiger partial charge in [0.25, 0.3) is 0 Å². The van der Waals surface area contributed by atoms with Gasteiger partial charge in [0.15, 0.2) is 0 Å². The zero-order chi connectivity index (χ0) is 22.0. The topological polar surface area (TPSA) is 45.7 Å². The summed E-state index contributed by atoms with van der Waals surface area (Å²) in [5.74, 6) is 0.966. The Hall–Kier alpha value is -2.82. The summed E-state index contributed by atoms with van der Waals surface area (Å²) < 4.78 is 5.52. The molecular formula is C26H33N3O2. The summed E-state index contributed by atoms with van der Waals surface area (Å²) >= 11 is 0.